The molecule has 1 aliphatic rings. The van der Waals surface area contributed by atoms with Crippen LogP contribution in [0.5, 0.6) is 5.75 Å². The molecular formula is C22H34N2O6. The summed E-state index contributed by atoms with van der Waals surface area (Å²) in [5.41, 5.74) is 2.26. The van der Waals surface area contributed by atoms with Gasteiger partial charge in [-0.25, -0.2) is 4.79 Å². The average Bonchev–Trinajstić information content (AvgIpc) is 2.87. The van der Waals surface area contributed by atoms with Crippen molar-refractivity contribution in [3.05, 3.63) is 28.8 Å². The van der Waals surface area contributed by atoms with Gasteiger partial charge in [0.2, 0.25) is 0 Å². The summed E-state index contributed by atoms with van der Waals surface area (Å²) in [6.07, 6.45) is -0.850. The maximum absolute atomic E-state index is 13.1. The Hall–Kier alpha value is -2.32. The van der Waals surface area contributed by atoms with Crippen LogP contribution in [0.25, 0.3) is 0 Å². The number of carbonyl (C=O) groups is 2. The minimum absolute atomic E-state index is 0.0609. The molecule has 0 radical (unpaired) electrons. The maximum atomic E-state index is 13.1. The van der Waals surface area contributed by atoms with E-state index in [4.69, 9.17) is 9.47 Å². The van der Waals surface area contributed by atoms with Crippen molar-refractivity contribution in [1.82, 2.24) is 10.2 Å². The van der Waals surface area contributed by atoms with Crippen LogP contribution in [0, 0.1) is 0 Å². The Labute approximate surface area is 178 Å². The zero-order valence-electron chi connectivity index (χ0n) is 18.5. The second kappa shape index (κ2) is 10.6. The molecule has 1 saturated heterocycles. The minimum atomic E-state index is -1.05. The third-order valence-corrected chi connectivity index (χ3v) is 5.37. The molecule has 1 aromatic rings. The van der Waals surface area contributed by atoms with Crippen LogP contribution in [-0.4, -0.2) is 66.3 Å². The van der Waals surface area contributed by atoms with Crippen LogP contribution in [0.2, 0.25) is 0 Å². The Morgan fingerprint density at radius 1 is 1.20 bits per heavy atom. The number of likely N-dealkylation sites (tertiary alicyclic amines) is 1. The van der Waals surface area contributed by atoms with Crippen LogP contribution < -0.4 is 10.1 Å². The molecule has 30 heavy (non-hydrogen) atoms. The van der Waals surface area contributed by atoms with Crippen molar-refractivity contribution in [1.29, 1.82) is 0 Å². The summed E-state index contributed by atoms with van der Waals surface area (Å²) < 4.78 is 10.9. The van der Waals surface area contributed by atoms with E-state index in [-0.39, 0.29) is 31.1 Å². The molecule has 0 aliphatic carbocycles. The number of nitrogens with one attached hydrogen (secondary N) is 1. The Balaban J connectivity index is 2.34. The molecule has 1 aromatic carbocycles. The second-order valence-corrected chi connectivity index (χ2v) is 8.36. The molecule has 2 rings (SSSR count). The lowest BCUT2D eigenvalue weighted by Crippen LogP contribution is -2.49. The van der Waals surface area contributed by atoms with E-state index in [1.165, 1.54) is 4.90 Å². The number of methoxy groups -OCH3 is 1. The molecule has 0 saturated carbocycles. The summed E-state index contributed by atoms with van der Waals surface area (Å²) in [5, 5.41) is 22.6. The third-order valence-electron chi connectivity index (χ3n) is 5.37. The normalized spacial score (nSPS) is 19.7. The van der Waals surface area contributed by atoms with E-state index >= 15 is 0 Å². The highest BCUT2D eigenvalue weighted by Gasteiger charge is 2.30. The van der Waals surface area contributed by atoms with E-state index in [0.717, 1.165) is 16.9 Å². The lowest BCUT2D eigenvalue weighted by atomic mass is 9.91. The van der Waals surface area contributed by atoms with Gasteiger partial charge in [0.15, 0.2) is 6.79 Å². The quantitative estimate of drug-likeness (QED) is 0.583. The molecule has 2 atom stereocenters. The van der Waals surface area contributed by atoms with Gasteiger partial charge < -0.3 is 29.9 Å². The number of amides is 2. The number of rotatable bonds is 7. The highest BCUT2D eigenvalue weighted by Crippen LogP contribution is 2.36. The summed E-state index contributed by atoms with van der Waals surface area (Å²) in [6.45, 7) is 8.64. The van der Waals surface area contributed by atoms with Gasteiger partial charge in [0.25, 0.3) is 5.91 Å². The zero-order valence-corrected chi connectivity index (χ0v) is 18.5. The van der Waals surface area contributed by atoms with Crippen molar-refractivity contribution in [2.45, 2.75) is 64.5 Å². The Morgan fingerprint density at radius 3 is 2.30 bits per heavy atom. The first-order valence-corrected chi connectivity index (χ1v) is 10.4. The monoisotopic (exact) mass is 422 g/mol. The molecule has 0 spiro atoms. The predicted octanol–water partition coefficient (Wildman–Crippen LogP) is 3.15. The molecule has 1 fully saturated rings. The van der Waals surface area contributed by atoms with Crippen molar-refractivity contribution >= 4 is 12.0 Å². The largest absolute Gasteiger partial charge is 0.467 e. The van der Waals surface area contributed by atoms with Crippen LogP contribution >= 0.6 is 0 Å². The van der Waals surface area contributed by atoms with Crippen LogP contribution in [0.4, 0.5) is 4.79 Å². The standard InChI is InChI=1S/C22H34N2O6/c1-13(2)16-9-15(10-17(14(3)4)20(16)30-12-29-5)21(26)23-18-11-24(22(27)28)8-6-7-19(18)25/h9-10,13-14,18-19,25H,6-8,11-12H2,1-5H3,(H,23,26)(H,27,28)/t18-,19-/m1/s1. The first-order chi connectivity index (χ1) is 14.1. The number of carbonyl (C=O) groups excluding carboxylic acids is 1. The number of carboxylic acid groups (broad SMARTS) is 1. The lowest BCUT2D eigenvalue weighted by Gasteiger charge is -2.26. The fraction of sp³-hybridized carbons (Fsp3) is 0.636. The number of nitrogens with zero attached hydrogens (tertiary/aromatic N) is 1. The average molecular weight is 423 g/mol. The fourth-order valence-corrected chi connectivity index (χ4v) is 3.66. The van der Waals surface area contributed by atoms with E-state index in [1.807, 2.05) is 27.7 Å². The van der Waals surface area contributed by atoms with E-state index in [0.29, 0.717) is 24.9 Å². The van der Waals surface area contributed by atoms with Crippen molar-refractivity contribution in [3.63, 3.8) is 0 Å². The van der Waals surface area contributed by atoms with Gasteiger partial charge in [-0.05, 0) is 47.9 Å². The molecule has 0 unspecified atom stereocenters. The zero-order chi connectivity index (χ0) is 22.4. The molecule has 1 aliphatic heterocycles. The van der Waals surface area contributed by atoms with E-state index in [1.54, 1.807) is 19.2 Å². The Kier molecular flexibility index (Phi) is 8.49. The molecular weight excluding hydrogens is 388 g/mol. The van der Waals surface area contributed by atoms with E-state index in [2.05, 4.69) is 5.32 Å². The fourth-order valence-electron chi connectivity index (χ4n) is 3.66. The molecule has 0 bridgehead atoms. The van der Waals surface area contributed by atoms with Gasteiger partial charge >= 0.3 is 6.09 Å². The maximum Gasteiger partial charge on any atom is 0.407 e. The molecule has 3 N–H and O–H groups in total. The lowest BCUT2D eigenvalue weighted by molar-refractivity contribution is 0.0493. The van der Waals surface area contributed by atoms with Gasteiger partial charge in [-0.2, -0.15) is 0 Å². The second-order valence-electron chi connectivity index (χ2n) is 8.36. The molecule has 8 heteroatoms. The third kappa shape index (κ3) is 5.86. The Bertz CT molecular complexity index is 720. The number of ether oxygens (including phenoxy) is 2. The first-order valence-electron chi connectivity index (χ1n) is 10.4. The van der Waals surface area contributed by atoms with Crippen LogP contribution in [-0.2, 0) is 4.74 Å². The van der Waals surface area contributed by atoms with Crippen molar-refractivity contribution in [3.8, 4) is 5.75 Å². The molecule has 8 nitrogen and oxygen atoms in total. The SMILES string of the molecule is COCOc1c(C(C)C)cc(C(=O)N[C@@H]2CN(C(=O)O)CCC[C@H]2O)cc1C(C)C. The molecule has 1 heterocycles. The summed E-state index contributed by atoms with van der Waals surface area (Å²) in [4.78, 5) is 25.7. The van der Waals surface area contributed by atoms with Gasteiger partial charge in [0, 0.05) is 25.8 Å². The van der Waals surface area contributed by atoms with Crippen molar-refractivity contribution < 1.29 is 29.3 Å². The van der Waals surface area contributed by atoms with Crippen LogP contribution in [0.1, 0.15) is 73.9 Å². The van der Waals surface area contributed by atoms with Gasteiger partial charge in [-0.3, -0.25) is 4.79 Å². The highest BCUT2D eigenvalue weighted by atomic mass is 16.7. The van der Waals surface area contributed by atoms with E-state index in [9.17, 15) is 19.8 Å². The van der Waals surface area contributed by atoms with Crippen molar-refractivity contribution in [2.75, 3.05) is 27.0 Å². The van der Waals surface area contributed by atoms with Crippen molar-refractivity contribution in [2.24, 2.45) is 0 Å². The summed E-state index contributed by atoms with van der Waals surface area (Å²) >= 11 is 0. The number of aliphatic hydroxyl groups is 1. The first kappa shape index (κ1) is 24.0. The summed E-state index contributed by atoms with van der Waals surface area (Å²) in [7, 11) is 1.56. The molecule has 168 valence electrons. The predicted molar refractivity (Wildman–Crippen MR) is 113 cm³/mol. The summed E-state index contributed by atoms with van der Waals surface area (Å²) in [5.74, 6) is 0.625. The smallest absolute Gasteiger partial charge is 0.407 e. The number of hydrogen-bond acceptors (Lipinski definition) is 5. The van der Waals surface area contributed by atoms with Gasteiger partial charge in [-0.1, -0.05) is 27.7 Å². The van der Waals surface area contributed by atoms with Crippen LogP contribution in [0.15, 0.2) is 12.1 Å². The number of aliphatic hydroxyl groups excluding tert-OH is 1. The minimum Gasteiger partial charge on any atom is -0.467 e. The highest BCUT2D eigenvalue weighted by molar-refractivity contribution is 5.95. The molecule has 2 amide bonds. The Morgan fingerprint density at radius 2 is 1.80 bits per heavy atom. The van der Waals surface area contributed by atoms with Gasteiger partial charge in [0.1, 0.15) is 5.75 Å². The van der Waals surface area contributed by atoms with Crippen LogP contribution in [0.3, 0.4) is 0 Å². The number of benzene rings is 1. The van der Waals surface area contributed by atoms with E-state index < -0.39 is 18.2 Å². The van der Waals surface area contributed by atoms with Gasteiger partial charge in [-0.15, -0.1) is 0 Å². The molecule has 0 aromatic heterocycles. The summed E-state index contributed by atoms with van der Waals surface area (Å²) in [6, 6.07) is 2.94. The number of hydrogen-bond donors (Lipinski definition) is 3. The topological polar surface area (TPSA) is 108 Å². The van der Waals surface area contributed by atoms with Gasteiger partial charge in [0.05, 0.1) is 12.1 Å².